The van der Waals surface area contributed by atoms with Gasteiger partial charge in [-0.1, -0.05) is 108 Å². The summed E-state index contributed by atoms with van der Waals surface area (Å²) in [6.45, 7) is 10.6. The third kappa shape index (κ3) is 6.27. The van der Waals surface area contributed by atoms with Crippen LogP contribution in [0.3, 0.4) is 0 Å². The molecule has 4 aromatic carbocycles. The molecular weight excluding hydrogens is 810 g/mol. The summed E-state index contributed by atoms with van der Waals surface area (Å²) in [6, 6.07) is 38.4. The number of aryl methyl sites for hydroxylation is 1. The predicted molar refractivity (Wildman–Crippen MR) is 200 cm³/mol. The third-order valence-corrected chi connectivity index (χ3v) is 9.16. The molecule has 0 bridgehead atoms. The van der Waals surface area contributed by atoms with Gasteiger partial charge in [0.1, 0.15) is 5.82 Å². The van der Waals surface area contributed by atoms with E-state index in [9.17, 15) is 0 Å². The summed E-state index contributed by atoms with van der Waals surface area (Å²) in [7, 11) is 0. The van der Waals surface area contributed by atoms with E-state index < -0.39 is 6.85 Å². The molecule has 0 fully saturated rings. The number of pyridine rings is 2. The van der Waals surface area contributed by atoms with E-state index in [1.54, 1.807) is 27.5 Å². The number of imidazole rings is 1. The fraction of sp³-hybridized carbons (Fsp3) is 0.205. The van der Waals surface area contributed by atoms with Gasteiger partial charge in [0.15, 0.2) is 0 Å². The fourth-order valence-corrected chi connectivity index (χ4v) is 6.41. The molecule has 6 nitrogen and oxygen atoms in total. The quantitative estimate of drug-likeness (QED) is 0.128. The molecule has 0 radical (unpaired) electrons. The number of benzene rings is 4. The number of hydrogen-bond donors (Lipinski definition) is 0. The second-order valence-electron chi connectivity index (χ2n) is 14.7. The zero-order chi connectivity index (χ0) is 37.3. The first-order valence-corrected chi connectivity index (χ1v) is 16.8. The molecule has 0 unspecified atom stereocenters. The Hall–Kier alpha value is -5.06. The van der Waals surface area contributed by atoms with E-state index in [0.717, 1.165) is 44.2 Å². The van der Waals surface area contributed by atoms with Crippen molar-refractivity contribution in [3.05, 3.63) is 145 Å². The molecule has 51 heavy (non-hydrogen) atoms. The van der Waals surface area contributed by atoms with E-state index in [-0.39, 0.29) is 37.5 Å². The summed E-state index contributed by atoms with van der Waals surface area (Å²) in [5.41, 5.74) is 6.20. The van der Waals surface area contributed by atoms with Crippen LogP contribution in [0, 0.1) is 25.3 Å². The number of rotatable bonds is 5. The molecule has 0 N–H and O–H groups in total. The average Bonchev–Trinajstić information content (AvgIpc) is 3.66. The Labute approximate surface area is 317 Å². The van der Waals surface area contributed by atoms with Gasteiger partial charge >= 0.3 is 0 Å². The maximum Gasteiger partial charge on any atom is 0.269 e. The molecule has 0 saturated carbocycles. The largest absolute Gasteiger partial charge is 0.522 e. The fourth-order valence-electron chi connectivity index (χ4n) is 6.41. The van der Waals surface area contributed by atoms with Gasteiger partial charge in [-0.05, 0) is 69.8 Å². The van der Waals surface area contributed by atoms with Crippen molar-refractivity contribution < 1.29 is 34.5 Å². The minimum absolute atomic E-state index is 0. The molecule has 4 aromatic heterocycles. The van der Waals surface area contributed by atoms with Crippen LogP contribution in [-0.4, -0.2) is 19.1 Å². The second-order valence-corrected chi connectivity index (χ2v) is 14.7. The number of para-hydroxylation sites is 3. The summed E-state index contributed by atoms with van der Waals surface area (Å²) in [4.78, 5) is 9.43. The molecule has 0 amide bonds. The van der Waals surface area contributed by atoms with Crippen LogP contribution in [0.1, 0.15) is 62.3 Å². The van der Waals surface area contributed by atoms with Gasteiger partial charge in [-0.2, -0.15) is 18.2 Å². The van der Waals surface area contributed by atoms with E-state index in [2.05, 4.69) is 99.9 Å². The molecule has 4 heterocycles. The van der Waals surface area contributed by atoms with Crippen LogP contribution >= 0.6 is 0 Å². The Kier molecular flexibility index (Phi) is 7.79. The van der Waals surface area contributed by atoms with E-state index >= 15 is 0 Å². The van der Waals surface area contributed by atoms with E-state index in [0.29, 0.717) is 23.0 Å². The number of nitrogens with zero attached hydrogens (tertiary/aromatic N) is 5. The predicted octanol–water partition coefficient (Wildman–Crippen LogP) is 9.89. The summed E-state index contributed by atoms with van der Waals surface area (Å²) in [5.74, 6) is 2.21. The summed E-state index contributed by atoms with van der Waals surface area (Å²) >= 11 is 0. The van der Waals surface area contributed by atoms with Crippen LogP contribution in [0.5, 0.6) is 11.5 Å². The first kappa shape index (κ1) is 30.7. The first-order valence-electron chi connectivity index (χ1n) is 18.3. The van der Waals surface area contributed by atoms with Gasteiger partial charge in [-0.3, -0.25) is 14.1 Å². The van der Waals surface area contributed by atoms with Crippen molar-refractivity contribution in [2.75, 3.05) is 0 Å². The molecule has 0 saturated heterocycles. The van der Waals surface area contributed by atoms with Gasteiger partial charge in [0.25, 0.3) is 6.33 Å². The zero-order valence-corrected chi connectivity index (χ0v) is 31.6. The van der Waals surface area contributed by atoms with Gasteiger partial charge in [-0.25, -0.2) is 4.98 Å². The summed E-state index contributed by atoms with van der Waals surface area (Å²) < 4.78 is 37.2. The maximum absolute atomic E-state index is 8.34. The molecule has 258 valence electrons. The Morgan fingerprint density at radius 3 is 2.20 bits per heavy atom. The molecule has 0 aliphatic rings. The van der Waals surface area contributed by atoms with Crippen molar-refractivity contribution in [2.45, 2.75) is 59.2 Å². The van der Waals surface area contributed by atoms with E-state index in [1.807, 2.05) is 60.8 Å². The van der Waals surface area contributed by atoms with Crippen LogP contribution < -0.4 is 9.30 Å². The molecule has 8 aromatic rings. The number of fused-ring (bicyclic) bond motifs is 4. The van der Waals surface area contributed by atoms with Crippen molar-refractivity contribution in [3.63, 3.8) is 0 Å². The molecule has 8 rings (SSSR count). The van der Waals surface area contributed by atoms with Crippen LogP contribution in [-0.2, 0) is 31.9 Å². The Morgan fingerprint density at radius 2 is 1.41 bits per heavy atom. The second kappa shape index (κ2) is 12.9. The van der Waals surface area contributed by atoms with Crippen molar-refractivity contribution in [2.24, 2.45) is 0 Å². The van der Waals surface area contributed by atoms with E-state index in [1.165, 1.54) is 5.56 Å². The summed E-state index contributed by atoms with van der Waals surface area (Å²) in [6.07, 6.45) is 6.93. The van der Waals surface area contributed by atoms with Crippen molar-refractivity contribution in [3.8, 4) is 28.8 Å². The van der Waals surface area contributed by atoms with Gasteiger partial charge < -0.3 is 9.30 Å². The van der Waals surface area contributed by atoms with Gasteiger partial charge in [-0.15, -0.1) is 17.5 Å². The number of aromatic nitrogens is 5. The third-order valence-electron chi connectivity index (χ3n) is 9.16. The minimum Gasteiger partial charge on any atom is -0.522 e. The van der Waals surface area contributed by atoms with Crippen molar-refractivity contribution in [1.82, 2.24) is 19.1 Å². The van der Waals surface area contributed by atoms with Crippen LogP contribution in [0.15, 0.2) is 109 Å². The van der Waals surface area contributed by atoms with Gasteiger partial charge in [0, 0.05) is 42.6 Å². The molecular formula is C44H39N5OPt-2. The average molecular weight is 852 g/mol. The standard InChI is InChI=1S/C44H39N5O.Pt/c1-29-16-17-30(43(2,3)4)24-39(29)47-28-48(38-15-11-10-14-37(38)47)41-27-33(21-23-45-41)50-32-18-19-35-34-12-8-9-13-36(34)49(40(35)26-32)42-25-31(20-22-46-42)44(5,6)7;/h8-25H,1-7H3;/q-2;/i1D3;. The van der Waals surface area contributed by atoms with Gasteiger partial charge in [0.2, 0.25) is 0 Å². The first-order chi connectivity index (χ1) is 25.2. The Balaban J connectivity index is 0.00000450. The van der Waals surface area contributed by atoms with Gasteiger partial charge in [0.05, 0.1) is 22.5 Å². The SMILES string of the molecule is [2H]C([2H])([2H])c1ccc(C(C)(C)C)cc1-[n+]1[c-]n(-c2[c-]c(Oc3[c-]c4c(cc3)c3ccccc3n4-c3cc(C(C)(C)C)ccn3)ccn2)c2ccccc21.[Pt]. The molecule has 0 atom stereocenters. The zero-order valence-electron chi connectivity index (χ0n) is 32.4. The topological polar surface area (TPSA) is 48.8 Å². The number of ether oxygens (including phenoxy) is 1. The minimum atomic E-state index is -2.33. The van der Waals surface area contributed by atoms with Crippen LogP contribution in [0.4, 0.5) is 0 Å². The maximum atomic E-state index is 8.34. The Bertz CT molecular complexity index is 2680. The molecule has 7 heteroatoms. The van der Waals surface area contributed by atoms with Crippen LogP contribution in [0.25, 0.3) is 50.2 Å². The molecule has 0 aliphatic carbocycles. The molecule has 0 spiro atoms. The normalized spacial score (nSPS) is 13.2. The summed E-state index contributed by atoms with van der Waals surface area (Å²) in [5, 5.41) is 2.14. The smallest absolute Gasteiger partial charge is 0.269 e. The van der Waals surface area contributed by atoms with Crippen LogP contribution in [0.2, 0.25) is 0 Å². The van der Waals surface area contributed by atoms with Crippen molar-refractivity contribution >= 4 is 32.8 Å². The number of hydrogen-bond acceptors (Lipinski definition) is 3. The van der Waals surface area contributed by atoms with Crippen molar-refractivity contribution in [1.29, 1.82) is 0 Å². The van der Waals surface area contributed by atoms with E-state index in [4.69, 9.17) is 13.8 Å². The monoisotopic (exact) mass is 851 g/mol. The molecule has 0 aliphatic heterocycles. The Morgan fingerprint density at radius 1 is 0.706 bits per heavy atom.